The maximum Gasteiger partial charge on any atom is 0.245 e. The van der Waals surface area contributed by atoms with E-state index in [0.29, 0.717) is 30.0 Å². The quantitative estimate of drug-likeness (QED) is 0.725. The first-order chi connectivity index (χ1) is 14.2. The molecule has 1 heterocycles. The summed E-state index contributed by atoms with van der Waals surface area (Å²) < 4.78 is 31.7. The number of amides is 1. The molecule has 0 bridgehead atoms. The second kappa shape index (κ2) is 8.87. The van der Waals surface area contributed by atoms with E-state index in [1.807, 2.05) is 57.2 Å². The van der Waals surface area contributed by atoms with E-state index in [9.17, 15) is 13.2 Å². The highest BCUT2D eigenvalue weighted by Gasteiger charge is 2.35. The molecule has 1 aliphatic rings. The number of hydrogen-bond acceptors (Lipinski definition) is 5. The molecule has 0 spiro atoms. The monoisotopic (exact) mass is 429 g/mol. The molecule has 0 unspecified atom stereocenters. The summed E-state index contributed by atoms with van der Waals surface area (Å²) in [5.41, 5.74) is 2.68. The van der Waals surface area contributed by atoms with Gasteiger partial charge in [-0.3, -0.25) is 9.52 Å². The van der Waals surface area contributed by atoms with Gasteiger partial charge in [0.05, 0.1) is 30.3 Å². The number of carbonyl (C=O) groups is 1. The van der Waals surface area contributed by atoms with Crippen LogP contribution in [-0.2, 0) is 14.8 Å². The van der Waals surface area contributed by atoms with E-state index in [2.05, 4.69) is 9.82 Å². The lowest BCUT2D eigenvalue weighted by Gasteiger charge is -2.24. The molecule has 2 aromatic rings. The van der Waals surface area contributed by atoms with Crippen LogP contribution in [0.4, 0.5) is 5.69 Å². The Morgan fingerprint density at radius 1 is 1.23 bits per heavy atom. The van der Waals surface area contributed by atoms with E-state index >= 15 is 0 Å². The summed E-state index contributed by atoms with van der Waals surface area (Å²) in [7, 11) is -3.45. The number of hydrazone groups is 1. The number of rotatable bonds is 7. The van der Waals surface area contributed by atoms with Crippen LogP contribution in [0.5, 0.6) is 5.75 Å². The fourth-order valence-corrected chi connectivity index (χ4v) is 3.98. The van der Waals surface area contributed by atoms with Gasteiger partial charge in [-0.05, 0) is 30.7 Å². The molecule has 3 rings (SSSR count). The van der Waals surface area contributed by atoms with Gasteiger partial charge in [0.2, 0.25) is 15.9 Å². The van der Waals surface area contributed by atoms with Gasteiger partial charge in [0.15, 0.2) is 0 Å². The minimum absolute atomic E-state index is 0.0923. The highest BCUT2D eigenvalue weighted by Crippen LogP contribution is 2.36. The third-order valence-electron chi connectivity index (χ3n) is 4.72. The van der Waals surface area contributed by atoms with Gasteiger partial charge in [0.25, 0.3) is 0 Å². The standard InChI is InChI=1S/C22H27N3O4S/c1-5-29-17-10-8-9-16(13-17)21-14-20(23-25(21)22(26)15(2)3)18-11-6-7-12-19(18)24-30(4,27)28/h6-13,15,21,24H,5,14H2,1-4H3/t21-/m0/s1. The molecule has 1 aliphatic heterocycles. The number of benzene rings is 2. The van der Waals surface area contributed by atoms with Gasteiger partial charge in [0, 0.05) is 17.9 Å². The lowest BCUT2D eigenvalue weighted by molar-refractivity contribution is -0.136. The summed E-state index contributed by atoms with van der Waals surface area (Å²) in [5, 5.41) is 6.14. The van der Waals surface area contributed by atoms with Crippen molar-refractivity contribution in [2.24, 2.45) is 11.0 Å². The largest absolute Gasteiger partial charge is 0.494 e. The zero-order valence-electron chi connectivity index (χ0n) is 17.6. The van der Waals surface area contributed by atoms with Crippen molar-refractivity contribution < 1.29 is 17.9 Å². The lowest BCUT2D eigenvalue weighted by Crippen LogP contribution is -2.30. The molecule has 0 fully saturated rings. The first kappa shape index (κ1) is 21.8. The molecule has 1 atom stereocenters. The van der Waals surface area contributed by atoms with E-state index in [0.717, 1.165) is 17.6 Å². The van der Waals surface area contributed by atoms with Crippen molar-refractivity contribution in [1.29, 1.82) is 0 Å². The van der Waals surface area contributed by atoms with E-state index in [-0.39, 0.29) is 17.9 Å². The summed E-state index contributed by atoms with van der Waals surface area (Å²) in [6, 6.07) is 14.4. The molecule has 1 N–H and O–H groups in total. The van der Waals surface area contributed by atoms with Crippen molar-refractivity contribution in [2.75, 3.05) is 17.6 Å². The second-order valence-corrected chi connectivity index (χ2v) is 9.28. The van der Waals surface area contributed by atoms with Crippen molar-refractivity contribution in [3.63, 3.8) is 0 Å². The highest BCUT2D eigenvalue weighted by molar-refractivity contribution is 7.92. The van der Waals surface area contributed by atoms with Gasteiger partial charge in [-0.2, -0.15) is 5.10 Å². The molecular formula is C22H27N3O4S. The topological polar surface area (TPSA) is 88.1 Å². The Balaban J connectivity index is 2.02. The molecule has 2 aromatic carbocycles. The third-order valence-corrected chi connectivity index (χ3v) is 5.31. The van der Waals surface area contributed by atoms with E-state index in [1.165, 1.54) is 5.01 Å². The summed E-state index contributed by atoms with van der Waals surface area (Å²) in [6.07, 6.45) is 1.58. The Morgan fingerprint density at radius 3 is 2.63 bits per heavy atom. The minimum Gasteiger partial charge on any atom is -0.494 e. The van der Waals surface area contributed by atoms with Crippen molar-refractivity contribution >= 4 is 27.3 Å². The summed E-state index contributed by atoms with van der Waals surface area (Å²) in [6.45, 7) is 6.14. The van der Waals surface area contributed by atoms with Gasteiger partial charge in [0.1, 0.15) is 5.75 Å². The number of carbonyl (C=O) groups excluding carboxylic acids is 1. The smallest absolute Gasteiger partial charge is 0.245 e. The maximum atomic E-state index is 12.9. The predicted octanol–water partition coefficient (Wildman–Crippen LogP) is 3.79. The number of hydrogen-bond donors (Lipinski definition) is 1. The zero-order valence-corrected chi connectivity index (χ0v) is 18.4. The average molecular weight is 430 g/mol. The number of nitrogens with zero attached hydrogens (tertiary/aromatic N) is 2. The fraction of sp³-hybridized carbons (Fsp3) is 0.364. The molecule has 0 aromatic heterocycles. The number of sulfonamides is 1. The van der Waals surface area contributed by atoms with Gasteiger partial charge in [-0.25, -0.2) is 13.4 Å². The molecule has 0 saturated carbocycles. The van der Waals surface area contributed by atoms with Crippen LogP contribution >= 0.6 is 0 Å². The number of ether oxygens (including phenoxy) is 1. The van der Waals surface area contributed by atoms with Gasteiger partial charge < -0.3 is 4.74 Å². The zero-order chi connectivity index (χ0) is 21.9. The van der Waals surface area contributed by atoms with Crippen LogP contribution in [0.1, 0.15) is 44.4 Å². The first-order valence-electron chi connectivity index (χ1n) is 9.90. The van der Waals surface area contributed by atoms with Crippen molar-refractivity contribution in [3.8, 4) is 5.75 Å². The Bertz CT molecular complexity index is 1060. The number of nitrogens with one attached hydrogen (secondary N) is 1. The molecule has 1 amide bonds. The van der Waals surface area contributed by atoms with Gasteiger partial charge in [-0.1, -0.05) is 44.2 Å². The van der Waals surface area contributed by atoms with Crippen LogP contribution in [0.2, 0.25) is 0 Å². The Morgan fingerprint density at radius 2 is 1.97 bits per heavy atom. The number of para-hydroxylation sites is 1. The Kier molecular flexibility index (Phi) is 6.45. The van der Waals surface area contributed by atoms with Crippen molar-refractivity contribution in [1.82, 2.24) is 5.01 Å². The molecule has 7 nitrogen and oxygen atoms in total. The van der Waals surface area contributed by atoms with E-state index < -0.39 is 10.0 Å². The molecule has 8 heteroatoms. The van der Waals surface area contributed by atoms with Crippen LogP contribution in [0.25, 0.3) is 0 Å². The summed E-state index contributed by atoms with van der Waals surface area (Å²) in [5.74, 6) is 0.417. The maximum absolute atomic E-state index is 12.9. The van der Waals surface area contributed by atoms with Crippen molar-refractivity contribution in [3.05, 3.63) is 59.7 Å². The minimum atomic E-state index is -3.45. The SMILES string of the molecule is CCOc1cccc([C@@H]2CC(c3ccccc3NS(C)(=O)=O)=NN2C(=O)C(C)C)c1. The lowest BCUT2D eigenvalue weighted by atomic mass is 9.97. The highest BCUT2D eigenvalue weighted by atomic mass is 32.2. The van der Waals surface area contributed by atoms with Crippen molar-refractivity contribution in [2.45, 2.75) is 33.2 Å². The molecule has 30 heavy (non-hydrogen) atoms. The number of anilines is 1. The van der Waals surface area contributed by atoms with Crippen LogP contribution < -0.4 is 9.46 Å². The average Bonchev–Trinajstić information content (AvgIpc) is 3.12. The summed E-state index contributed by atoms with van der Waals surface area (Å²) in [4.78, 5) is 12.9. The second-order valence-electron chi connectivity index (χ2n) is 7.53. The van der Waals surface area contributed by atoms with Crippen LogP contribution in [0.3, 0.4) is 0 Å². The molecule has 0 radical (unpaired) electrons. The third kappa shape index (κ3) is 4.99. The molecule has 0 saturated heterocycles. The molecule has 0 aliphatic carbocycles. The van der Waals surface area contributed by atoms with Gasteiger partial charge in [-0.15, -0.1) is 0 Å². The van der Waals surface area contributed by atoms with E-state index in [1.54, 1.807) is 12.1 Å². The molecular weight excluding hydrogens is 402 g/mol. The first-order valence-corrected chi connectivity index (χ1v) is 11.8. The Labute approximate surface area is 177 Å². The molecule has 160 valence electrons. The van der Waals surface area contributed by atoms with Crippen LogP contribution in [0.15, 0.2) is 53.6 Å². The summed E-state index contributed by atoms with van der Waals surface area (Å²) >= 11 is 0. The van der Waals surface area contributed by atoms with E-state index in [4.69, 9.17) is 4.74 Å². The van der Waals surface area contributed by atoms with Gasteiger partial charge >= 0.3 is 0 Å². The Hall–Kier alpha value is -2.87. The van der Waals surface area contributed by atoms with Crippen LogP contribution in [0, 0.1) is 5.92 Å². The fourth-order valence-electron chi connectivity index (χ4n) is 3.40. The predicted molar refractivity (Wildman–Crippen MR) is 118 cm³/mol. The normalized spacial score (nSPS) is 16.5. The van der Waals surface area contributed by atoms with Crippen LogP contribution in [-0.4, -0.2) is 37.9 Å².